The number of carbonyl (C=O) groups is 1. The molecule has 0 saturated heterocycles. The van der Waals surface area contributed by atoms with Crippen LogP contribution in [0.2, 0.25) is 0 Å². The molecule has 0 heterocycles. The van der Waals surface area contributed by atoms with E-state index in [0.717, 1.165) is 34.7 Å². The van der Waals surface area contributed by atoms with Gasteiger partial charge in [0.25, 0.3) is 0 Å². The molecule has 0 fully saturated rings. The monoisotopic (exact) mass is 446 g/mol. The zero-order valence-corrected chi connectivity index (χ0v) is 19.6. The molecular formula is C27H30N2O4. The maximum absolute atomic E-state index is 12.0. The van der Waals surface area contributed by atoms with Gasteiger partial charge in [0.15, 0.2) is 0 Å². The summed E-state index contributed by atoms with van der Waals surface area (Å²) in [6, 6.07) is 23.1. The molecule has 0 aliphatic rings. The molecule has 172 valence electrons. The Balaban J connectivity index is 1.49. The van der Waals surface area contributed by atoms with E-state index in [1.807, 2.05) is 93.6 Å². The van der Waals surface area contributed by atoms with Gasteiger partial charge in [-0.2, -0.15) is 10.2 Å². The number of esters is 1. The van der Waals surface area contributed by atoms with Gasteiger partial charge in [0.2, 0.25) is 0 Å². The van der Waals surface area contributed by atoms with Crippen molar-refractivity contribution in [1.82, 2.24) is 0 Å². The van der Waals surface area contributed by atoms with Crippen LogP contribution >= 0.6 is 0 Å². The molecule has 3 aromatic carbocycles. The third-order valence-corrected chi connectivity index (χ3v) is 5.43. The van der Waals surface area contributed by atoms with E-state index in [0.29, 0.717) is 12.4 Å². The number of rotatable bonds is 10. The Kier molecular flexibility index (Phi) is 8.19. The number of hydrogen-bond donors (Lipinski definition) is 0. The number of nitrogens with zero attached hydrogens (tertiary/aromatic N) is 2. The smallest absolute Gasteiger partial charge is 0.311 e. The number of azo groups is 1. The Labute approximate surface area is 195 Å². The van der Waals surface area contributed by atoms with E-state index in [-0.39, 0.29) is 12.6 Å². The maximum atomic E-state index is 12.0. The SMILES string of the molecule is CCC(C)(C)C(=O)OCCOc1ccc(N=Nc2ccc(-c3ccc(OC)cc3)cc2)cc1. The van der Waals surface area contributed by atoms with Crippen LogP contribution < -0.4 is 9.47 Å². The number of hydrogen-bond acceptors (Lipinski definition) is 6. The van der Waals surface area contributed by atoms with Gasteiger partial charge in [-0.25, -0.2) is 0 Å². The standard InChI is InChI=1S/C27H30N2O4/c1-5-27(2,3)26(30)33-19-18-32-25-16-12-23(13-17-25)29-28-22-10-6-20(7-11-22)21-8-14-24(31-4)15-9-21/h6-17H,5,18-19H2,1-4H3. The van der Waals surface area contributed by atoms with Crippen molar-refractivity contribution in [2.24, 2.45) is 15.6 Å². The zero-order valence-electron chi connectivity index (χ0n) is 19.6. The van der Waals surface area contributed by atoms with Crippen LogP contribution in [0, 0.1) is 5.41 Å². The largest absolute Gasteiger partial charge is 0.497 e. The Morgan fingerprint density at radius 3 is 1.76 bits per heavy atom. The van der Waals surface area contributed by atoms with Crippen LogP contribution in [0.1, 0.15) is 27.2 Å². The fourth-order valence-corrected chi connectivity index (χ4v) is 2.86. The first-order chi connectivity index (χ1) is 15.9. The van der Waals surface area contributed by atoms with Crippen LogP contribution in [-0.2, 0) is 9.53 Å². The Hall–Kier alpha value is -3.67. The minimum atomic E-state index is -0.470. The second-order valence-corrected chi connectivity index (χ2v) is 8.19. The molecule has 0 N–H and O–H groups in total. The highest BCUT2D eigenvalue weighted by atomic mass is 16.6. The van der Waals surface area contributed by atoms with Crippen LogP contribution in [0.25, 0.3) is 11.1 Å². The lowest BCUT2D eigenvalue weighted by molar-refractivity contribution is -0.154. The van der Waals surface area contributed by atoms with Crippen LogP contribution in [0.3, 0.4) is 0 Å². The van der Waals surface area contributed by atoms with E-state index in [2.05, 4.69) is 10.2 Å². The second kappa shape index (κ2) is 11.3. The van der Waals surface area contributed by atoms with Crippen molar-refractivity contribution in [3.05, 3.63) is 72.8 Å². The fraction of sp³-hybridized carbons (Fsp3) is 0.296. The van der Waals surface area contributed by atoms with Gasteiger partial charge in [-0.3, -0.25) is 4.79 Å². The van der Waals surface area contributed by atoms with Crippen molar-refractivity contribution >= 4 is 17.3 Å². The molecule has 6 heteroatoms. The molecular weight excluding hydrogens is 416 g/mol. The highest BCUT2D eigenvalue weighted by Gasteiger charge is 2.26. The molecule has 0 aromatic heterocycles. The molecule has 6 nitrogen and oxygen atoms in total. The minimum absolute atomic E-state index is 0.207. The van der Waals surface area contributed by atoms with Crippen molar-refractivity contribution in [2.75, 3.05) is 20.3 Å². The van der Waals surface area contributed by atoms with Crippen molar-refractivity contribution in [3.63, 3.8) is 0 Å². The van der Waals surface area contributed by atoms with Crippen LogP contribution in [0.4, 0.5) is 11.4 Å². The first-order valence-corrected chi connectivity index (χ1v) is 11.0. The average Bonchev–Trinajstić information content (AvgIpc) is 2.86. The average molecular weight is 447 g/mol. The lowest BCUT2D eigenvalue weighted by Gasteiger charge is -2.20. The number of benzene rings is 3. The molecule has 0 unspecified atom stereocenters. The second-order valence-electron chi connectivity index (χ2n) is 8.19. The predicted octanol–water partition coefficient (Wildman–Crippen LogP) is 7.14. The van der Waals surface area contributed by atoms with Crippen molar-refractivity contribution < 1.29 is 19.0 Å². The number of ether oxygens (including phenoxy) is 3. The van der Waals surface area contributed by atoms with Gasteiger partial charge in [0, 0.05) is 0 Å². The molecule has 33 heavy (non-hydrogen) atoms. The van der Waals surface area contributed by atoms with Crippen molar-refractivity contribution in [2.45, 2.75) is 27.2 Å². The summed E-state index contributed by atoms with van der Waals surface area (Å²) in [4.78, 5) is 12.0. The van der Waals surface area contributed by atoms with Gasteiger partial charge in [-0.05, 0) is 79.9 Å². The Morgan fingerprint density at radius 2 is 1.24 bits per heavy atom. The molecule has 3 aromatic rings. The topological polar surface area (TPSA) is 69.5 Å². The summed E-state index contributed by atoms with van der Waals surface area (Å²) < 4.78 is 16.1. The molecule has 0 aliphatic heterocycles. The van der Waals surface area contributed by atoms with Gasteiger partial charge in [0.1, 0.15) is 24.7 Å². The summed E-state index contributed by atoms with van der Waals surface area (Å²) in [5, 5.41) is 8.58. The minimum Gasteiger partial charge on any atom is -0.497 e. The third-order valence-electron chi connectivity index (χ3n) is 5.43. The Morgan fingerprint density at radius 1 is 0.758 bits per heavy atom. The van der Waals surface area contributed by atoms with Crippen molar-refractivity contribution in [1.29, 1.82) is 0 Å². The molecule has 0 spiro atoms. The lowest BCUT2D eigenvalue weighted by Crippen LogP contribution is -2.27. The van der Waals surface area contributed by atoms with Gasteiger partial charge >= 0.3 is 5.97 Å². The number of methoxy groups -OCH3 is 1. The van der Waals surface area contributed by atoms with E-state index < -0.39 is 5.41 Å². The molecule has 0 amide bonds. The van der Waals surface area contributed by atoms with Crippen LogP contribution in [0.5, 0.6) is 11.5 Å². The first-order valence-electron chi connectivity index (χ1n) is 11.0. The molecule has 0 saturated carbocycles. The third kappa shape index (κ3) is 6.91. The Bertz CT molecular complexity index is 1060. The number of carbonyl (C=O) groups excluding carboxylic acids is 1. The zero-order chi connectivity index (χ0) is 23.7. The van der Waals surface area contributed by atoms with Gasteiger partial charge in [-0.15, -0.1) is 0 Å². The first kappa shape index (κ1) is 24.0. The summed E-state index contributed by atoms with van der Waals surface area (Å²) in [5.41, 5.74) is 3.23. The normalized spacial score (nSPS) is 11.4. The summed E-state index contributed by atoms with van der Waals surface area (Å²) >= 11 is 0. The van der Waals surface area contributed by atoms with Gasteiger partial charge < -0.3 is 14.2 Å². The predicted molar refractivity (Wildman–Crippen MR) is 130 cm³/mol. The van der Waals surface area contributed by atoms with E-state index in [1.54, 1.807) is 7.11 Å². The lowest BCUT2D eigenvalue weighted by atomic mass is 9.91. The molecule has 0 bridgehead atoms. The van der Waals surface area contributed by atoms with E-state index in [1.165, 1.54) is 0 Å². The summed E-state index contributed by atoms with van der Waals surface area (Å²) in [6.07, 6.45) is 0.732. The van der Waals surface area contributed by atoms with Crippen LogP contribution in [-0.4, -0.2) is 26.3 Å². The van der Waals surface area contributed by atoms with Crippen molar-refractivity contribution in [3.8, 4) is 22.6 Å². The highest BCUT2D eigenvalue weighted by Crippen LogP contribution is 2.26. The van der Waals surface area contributed by atoms with E-state index in [9.17, 15) is 4.79 Å². The molecule has 0 radical (unpaired) electrons. The van der Waals surface area contributed by atoms with E-state index >= 15 is 0 Å². The van der Waals surface area contributed by atoms with Crippen LogP contribution in [0.15, 0.2) is 83.0 Å². The molecule has 0 atom stereocenters. The maximum Gasteiger partial charge on any atom is 0.311 e. The fourth-order valence-electron chi connectivity index (χ4n) is 2.86. The summed E-state index contributed by atoms with van der Waals surface area (Å²) in [5.74, 6) is 1.31. The summed E-state index contributed by atoms with van der Waals surface area (Å²) in [6.45, 7) is 6.23. The molecule has 3 rings (SSSR count). The van der Waals surface area contributed by atoms with Gasteiger partial charge in [0.05, 0.1) is 23.9 Å². The van der Waals surface area contributed by atoms with E-state index in [4.69, 9.17) is 14.2 Å². The quantitative estimate of drug-likeness (QED) is 0.189. The summed E-state index contributed by atoms with van der Waals surface area (Å²) in [7, 11) is 1.66. The van der Waals surface area contributed by atoms with Gasteiger partial charge in [-0.1, -0.05) is 31.2 Å². The highest BCUT2D eigenvalue weighted by molar-refractivity contribution is 5.75. The molecule has 0 aliphatic carbocycles.